The molecule has 1 aliphatic heterocycles. The molecule has 0 unspecified atom stereocenters. The second-order valence-electron chi connectivity index (χ2n) is 7.88. The minimum Gasteiger partial charge on any atom is -0.488 e. The Hall–Kier alpha value is -2.83. The Bertz CT molecular complexity index is 1350. The van der Waals surface area contributed by atoms with Gasteiger partial charge in [0.25, 0.3) is 0 Å². The highest BCUT2D eigenvalue weighted by molar-refractivity contribution is 6.45. The van der Waals surface area contributed by atoms with E-state index in [0.717, 1.165) is 30.4 Å². The monoisotopic (exact) mass is 425 g/mol. The normalized spacial score (nSPS) is 17.1. The van der Waals surface area contributed by atoms with Crippen molar-refractivity contribution in [2.75, 3.05) is 13.2 Å². The van der Waals surface area contributed by atoms with E-state index >= 15 is 0 Å². The molecule has 1 saturated heterocycles. The maximum absolute atomic E-state index is 14.0. The fourth-order valence-corrected chi connectivity index (χ4v) is 4.99. The summed E-state index contributed by atoms with van der Waals surface area (Å²) in [5.41, 5.74) is 2.94. The number of ether oxygens (including phenoxy) is 1. The van der Waals surface area contributed by atoms with Crippen molar-refractivity contribution in [2.24, 2.45) is 0 Å². The lowest BCUT2D eigenvalue weighted by atomic mass is 10.1. The highest BCUT2D eigenvalue weighted by Crippen LogP contribution is 2.46. The first-order valence-corrected chi connectivity index (χ1v) is 10.4. The largest absolute Gasteiger partial charge is 0.488 e. The molecule has 0 amide bonds. The molecule has 3 aromatic carbocycles. The van der Waals surface area contributed by atoms with Crippen LogP contribution in [0.5, 0.6) is 5.75 Å². The molecule has 0 saturated carbocycles. The molecule has 6 rings (SSSR count). The van der Waals surface area contributed by atoms with Crippen molar-refractivity contribution in [3.05, 3.63) is 53.1 Å². The van der Waals surface area contributed by atoms with E-state index < -0.39 is 0 Å². The molecular weight excluding hydrogens is 408 g/mol. The molecule has 7 heteroatoms. The van der Waals surface area contributed by atoms with Crippen molar-refractivity contribution in [3.8, 4) is 5.75 Å². The molecule has 4 nitrogen and oxygen atoms in total. The smallest absolute Gasteiger partial charge is 0.167 e. The van der Waals surface area contributed by atoms with Crippen LogP contribution >= 0.6 is 11.6 Å². The lowest BCUT2D eigenvalue weighted by Gasteiger charge is -2.14. The number of nitrogens with one attached hydrogen (secondary N) is 3. The van der Waals surface area contributed by atoms with Gasteiger partial charge in [0.2, 0.25) is 0 Å². The third-order valence-corrected chi connectivity index (χ3v) is 6.38. The lowest BCUT2D eigenvalue weighted by Crippen LogP contribution is -2.28. The van der Waals surface area contributed by atoms with Crippen molar-refractivity contribution in [1.29, 1.82) is 0 Å². The summed E-state index contributed by atoms with van der Waals surface area (Å²) >= 11 is 6.87. The number of benzene rings is 3. The van der Waals surface area contributed by atoms with Crippen LogP contribution in [0.4, 0.5) is 8.78 Å². The van der Waals surface area contributed by atoms with Crippen molar-refractivity contribution < 1.29 is 13.5 Å². The molecular formula is C23H18ClF2N3O. The summed E-state index contributed by atoms with van der Waals surface area (Å²) < 4.78 is 34.4. The highest BCUT2D eigenvalue weighted by atomic mass is 35.5. The number of hydrogen-bond donors (Lipinski definition) is 3. The summed E-state index contributed by atoms with van der Waals surface area (Å²) in [6.07, 6.45) is 2.17. The van der Waals surface area contributed by atoms with E-state index in [1.165, 1.54) is 24.3 Å². The first kappa shape index (κ1) is 18.0. The number of aromatic nitrogens is 2. The molecule has 5 aromatic rings. The minimum absolute atomic E-state index is 0.273. The van der Waals surface area contributed by atoms with Gasteiger partial charge in [-0.05, 0) is 55.8 Å². The van der Waals surface area contributed by atoms with Crippen LogP contribution in [-0.4, -0.2) is 29.2 Å². The second kappa shape index (κ2) is 6.59. The Morgan fingerprint density at radius 3 is 2.07 bits per heavy atom. The summed E-state index contributed by atoms with van der Waals surface area (Å²) in [5, 5.41) is 6.58. The van der Waals surface area contributed by atoms with Gasteiger partial charge in [-0.25, -0.2) is 8.78 Å². The number of fused-ring (bicyclic) bond motifs is 6. The third-order valence-electron chi connectivity index (χ3n) is 6.01. The molecule has 1 atom stereocenters. The van der Waals surface area contributed by atoms with Gasteiger partial charge in [-0.1, -0.05) is 11.6 Å². The summed E-state index contributed by atoms with van der Waals surface area (Å²) in [5.74, 6) is -0.0735. The predicted octanol–water partition coefficient (Wildman–Crippen LogP) is 6.02. The Morgan fingerprint density at radius 2 is 1.53 bits per heavy atom. The van der Waals surface area contributed by atoms with E-state index in [2.05, 4.69) is 15.3 Å². The topological polar surface area (TPSA) is 52.8 Å². The average Bonchev–Trinajstić information content (AvgIpc) is 3.44. The van der Waals surface area contributed by atoms with E-state index in [4.69, 9.17) is 16.3 Å². The van der Waals surface area contributed by atoms with Gasteiger partial charge in [0, 0.05) is 38.6 Å². The Morgan fingerprint density at radius 1 is 0.933 bits per heavy atom. The van der Waals surface area contributed by atoms with Gasteiger partial charge in [0.15, 0.2) is 5.75 Å². The zero-order valence-electron chi connectivity index (χ0n) is 15.9. The van der Waals surface area contributed by atoms with Crippen LogP contribution in [-0.2, 0) is 0 Å². The molecule has 3 N–H and O–H groups in total. The van der Waals surface area contributed by atoms with Crippen LogP contribution in [0, 0.1) is 11.6 Å². The van der Waals surface area contributed by atoms with E-state index in [1.807, 2.05) is 0 Å². The van der Waals surface area contributed by atoms with Crippen LogP contribution in [0.2, 0.25) is 5.02 Å². The molecule has 2 aromatic heterocycles. The molecule has 0 bridgehead atoms. The first-order valence-electron chi connectivity index (χ1n) is 9.99. The quantitative estimate of drug-likeness (QED) is 0.331. The molecule has 0 radical (unpaired) electrons. The standard InChI is InChI=1S/C23H18ClF2N3O/c24-20-18-14-8-11(25)3-5-16(14)28-21(18)23(30-10-13-2-1-7-27-13)22-19(20)15-9-12(26)4-6-17(15)29-22/h3-6,8-9,13,27-29H,1-2,7,10H2/t13-/m1/s1. The van der Waals surface area contributed by atoms with E-state index in [-0.39, 0.29) is 17.7 Å². The zero-order valence-corrected chi connectivity index (χ0v) is 16.7. The highest BCUT2D eigenvalue weighted by Gasteiger charge is 2.24. The summed E-state index contributed by atoms with van der Waals surface area (Å²) in [6.45, 7) is 1.48. The summed E-state index contributed by atoms with van der Waals surface area (Å²) in [6, 6.07) is 9.39. The molecule has 1 fully saturated rings. The molecule has 0 spiro atoms. The Labute approximate surface area is 175 Å². The fraction of sp³-hybridized carbons (Fsp3) is 0.217. The zero-order chi connectivity index (χ0) is 20.4. The molecule has 0 aliphatic carbocycles. The maximum Gasteiger partial charge on any atom is 0.167 e. The van der Waals surface area contributed by atoms with Crippen LogP contribution in [0.25, 0.3) is 43.6 Å². The minimum atomic E-state index is -0.345. The van der Waals surface area contributed by atoms with Crippen LogP contribution < -0.4 is 10.1 Å². The number of H-pyrrole nitrogens is 2. The maximum atomic E-state index is 14.0. The molecule has 1 aliphatic rings. The van der Waals surface area contributed by atoms with Crippen LogP contribution in [0.1, 0.15) is 12.8 Å². The van der Waals surface area contributed by atoms with Gasteiger partial charge < -0.3 is 20.0 Å². The Balaban J connectivity index is 1.71. The number of hydrogen-bond acceptors (Lipinski definition) is 2. The first-order chi connectivity index (χ1) is 14.6. The lowest BCUT2D eigenvalue weighted by molar-refractivity contribution is 0.282. The molecule has 152 valence electrons. The van der Waals surface area contributed by atoms with Crippen molar-refractivity contribution >= 4 is 55.2 Å². The summed E-state index contributed by atoms with van der Waals surface area (Å²) in [4.78, 5) is 6.69. The van der Waals surface area contributed by atoms with Crippen molar-refractivity contribution in [1.82, 2.24) is 15.3 Å². The second-order valence-corrected chi connectivity index (χ2v) is 8.26. The third kappa shape index (κ3) is 2.60. The van der Waals surface area contributed by atoms with Crippen molar-refractivity contribution in [2.45, 2.75) is 18.9 Å². The predicted molar refractivity (Wildman–Crippen MR) is 117 cm³/mol. The number of aromatic amines is 2. The van der Waals surface area contributed by atoms with Gasteiger partial charge in [0.05, 0.1) is 16.1 Å². The summed E-state index contributed by atoms with van der Waals surface area (Å²) in [7, 11) is 0. The van der Waals surface area contributed by atoms with Crippen LogP contribution in [0.3, 0.4) is 0 Å². The van der Waals surface area contributed by atoms with Gasteiger partial charge >= 0.3 is 0 Å². The number of rotatable bonds is 3. The Kier molecular flexibility index (Phi) is 3.95. The van der Waals surface area contributed by atoms with E-state index in [1.54, 1.807) is 12.1 Å². The van der Waals surface area contributed by atoms with E-state index in [0.29, 0.717) is 50.0 Å². The molecule has 30 heavy (non-hydrogen) atoms. The number of halogens is 3. The molecule has 3 heterocycles. The average molecular weight is 426 g/mol. The van der Waals surface area contributed by atoms with Gasteiger partial charge in [0.1, 0.15) is 18.2 Å². The van der Waals surface area contributed by atoms with Crippen LogP contribution in [0.15, 0.2) is 36.4 Å². The fourth-order valence-electron chi connectivity index (χ4n) is 4.60. The van der Waals surface area contributed by atoms with E-state index in [9.17, 15) is 8.78 Å². The van der Waals surface area contributed by atoms with Gasteiger partial charge in [-0.3, -0.25) is 0 Å². The van der Waals surface area contributed by atoms with Crippen molar-refractivity contribution in [3.63, 3.8) is 0 Å². The SMILES string of the molecule is Fc1ccc2[nH]c3c(OC[C@H]4CCCN4)c4[nH]c5ccc(F)cc5c4c(Cl)c3c2c1. The van der Waals surface area contributed by atoms with Gasteiger partial charge in [-0.15, -0.1) is 0 Å². The van der Waals surface area contributed by atoms with Gasteiger partial charge in [-0.2, -0.15) is 0 Å².